The number of hydrogen-bond acceptors (Lipinski definition) is 2. The third-order valence-electron chi connectivity index (χ3n) is 3.76. The van der Waals surface area contributed by atoms with Gasteiger partial charge in [0.2, 0.25) is 0 Å². The summed E-state index contributed by atoms with van der Waals surface area (Å²) in [6.07, 6.45) is -2.25. The van der Waals surface area contributed by atoms with Crippen LogP contribution in [0, 0.1) is 5.92 Å². The summed E-state index contributed by atoms with van der Waals surface area (Å²) >= 11 is 5.96. The average Bonchev–Trinajstić information content (AvgIpc) is 2.39. The van der Waals surface area contributed by atoms with Crippen molar-refractivity contribution in [2.75, 3.05) is 26.2 Å². The van der Waals surface area contributed by atoms with Crippen molar-refractivity contribution >= 4 is 11.6 Å². The van der Waals surface area contributed by atoms with Crippen LogP contribution in [-0.4, -0.2) is 37.3 Å². The molecular formula is C15H20ClF3N2. The molecule has 0 unspecified atom stereocenters. The fraction of sp³-hybridized carbons (Fsp3) is 0.600. The van der Waals surface area contributed by atoms with Crippen LogP contribution in [-0.2, 0) is 6.54 Å². The number of hydrogen-bond donors (Lipinski definition) is 1. The number of nitrogens with one attached hydrogen (secondary N) is 1. The highest BCUT2D eigenvalue weighted by Gasteiger charge is 2.27. The van der Waals surface area contributed by atoms with Crippen molar-refractivity contribution in [1.82, 2.24) is 10.2 Å². The summed E-state index contributed by atoms with van der Waals surface area (Å²) < 4.78 is 36.2. The molecule has 1 heterocycles. The normalized spacial score (nSPS) is 18.1. The van der Waals surface area contributed by atoms with E-state index in [1.807, 2.05) is 24.3 Å². The highest BCUT2D eigenvalue weighted by atomic mass is 35.5. The first-order valence-electron chi connectivity index (χ1n) is 7.16. The van der Waals surface area contributed by atoms with Crippen molar-refractivity contribution in [3.8, 4) is 0 Å². The van der Waals surface area contributed by atoms with Gasteiger partial charge in [-0.1, -0.05) is 23.7 Å². The van der Waals surface area contributed by atoms with E-state index in [0.717, 1.165) is 37.5 Å². The summed E-state index contributed by atoms with van der Waals surface area (Å²) in [5, 5.41) is 3.24. The van der Waals surface area contributed by atoms with E-state index in [9.17, 15) is 13.2 Å². The summed E-state index contributed by atoms with van der Waals surface area (Å²) in [6.45, 7) is 2.25. The van der Waals surface area contributed by atoms with E-state index in [-0.39, 0.29) is 0 Å². The molecule has 0 spiro atoms. The van der Waals surface area contributed by atoms with Gasteiger partial charge in [-0.15, -0.1) is 0 Å². The first-order chi connectivity index (χ1) is 9.92. The molecule has 6 heteroatoms. The Bertz CT molecular complexity index is 443. The predicted octanol–water partition coefficient (Wildman–Crippen LogP) is 3.70. The summed E-state index contributed by atoms with van der Waals surface area (Å²) in [6, 6.07) is 7.79. The minimum Gasteiger partial charge on any atom is -0.308 e. The third kappa shape index (κ3) is 6.24. The van der Waals surface area contributed by atoms with Gasteiger partial charge in [0, 0.05) is 11.6 Å². The lowest BCUT2D eigenvalue weighted by atomic mass is 9.96. The number of likely N-dealkylation sites (tertiary alicyclic amines) is 1. The van der Waals surface area contributed by atoms with E-state index in [1.165, 1.54) is 5.56 Å². The smallest absolute Gasteiger partial charge is 0.308 e. The molecular weight excluding hydrogens is 301 g/mol. The minimum absolute atomic E-state index is 0.336. The Morgan fingerprint density at radius 2 is 1.95 bits per heavy atom. The number of piperidine rings is 1. The van der Waals surface area contributed by atoms with E-state index in [4.69, 9.17) is 11.6 Å². The first-order valence-corrected chi connectivity index (χ1v) is 7.54. The lowest BCUT2D eigenvalue weighted by Crippen LogP contribution is -2.39. The Kier molecular flexibility index (Phi) is 5.90. The van der Waals surface area contributed by atoms with Gasteiger partial charge in [-0.2, -0.15) is 13.2 Å². The highest BCUT2D eigenvalue weighted by molar-refractivity contribution is 6.30. The molecule has 1 fully saturated rings. The van der Waals surface area contributed by atoms with E-state index in [2.05, 4.69) is 10.2 Å². The van der Waals surface area contributed by atoms with Gasteiger partial charge in [0.25, 0.3) is 0 Å². The monoisotopic (exact) mass is 320 g/mol. The maximum atomic E-state index is 12.1. The molecule has 1 saturated heterocycles. The molecule has 0 radical (unpaired) electrons. The van der Waals surface area contributed by atoms with Crippen molar-refractivity contribution in [2.24, 2.45) is 5.92 Å². The Morgan fingerprint density at radius 3 is 2.57 bits per heavy atom. The molecule has 0 amide bonds. The Balaban J connectivity index is 1.68. The van der Waals surface area contributed by atoms with Crippen molar-refractivity contribution in [3.63, 3.8) is 0 Å². The van der Waals surface area contributed by atoms with Crippen LogP contribution in [0.3, 0.4) is 0 Å². The van der Waals surface area contributed by atoms with Gasteiger partial charge in [-0.05, 0) is 56.1 Å². The molecule has 1 aliphatic heterocycles. The van der Waals surface area contributed by atoms with Crippen molar-refractivity contribution in [3.05, 3.63) is 34.9 Å². The van der Waals surface area contributed by atoms with Gasteiger partial charge >= 0.3 is 6.18 Å². The second-order valence-electron chi connectivity index (χ2n) is 5.60. The third-order valence-corrected chi connectivity index (χ3v) is 4.00. The average molecular weight is 321 g/mol. The molecule has 1 aliphatic rings. The van der Waals surface area contributed by atoms with Crippen molar-refractivity contribution in [1.29, 1.82) is 0 Å². The molecule has 118 valence electrons. The van der Waals surface area contributed by atoms with Gasteiger partial charge in [-0.3, -0.25) is 4.90 Å². The maximum absolute atomic E-state index is 12.1. The second-order valence-corrected chi connectivity index (χ2v) is 6.03. The number of rotatable bonds is 5. The van der Waals surface area contributed by atoms with Gasteiger partial charge in [-0.25, -0.2) is 0 Å². The van der Waals surface area contributed by atoms with E-state index < -0.39 is 12.7 Å². The fourth-order valence-corrected chi connectivity index (χ4v) is 2.87. The van der Waals surface area contributed by atoms with Crippen LogP contribution in [0.1, 0.15) is 18.4 Å². The van der Waals surface area contributed by atoms with Gasteiger partial charge in [0.1, 0.15) is 0 Å². The van der Waals surface area contributed by atoms with Crippen LogP contribution in [0.5, 0.6) is 0 Å². The number of nitrogens with zero attached hydrogens (tertiary/aromatic N) is 1. The Morgan fingerprint density at radius 1 is 1.24 bits per heavy atom. The largest absolute Gasteiger partial charge is 0.401 e. The number of halogens is 4. The molecule has 0 saturated carbocycles. The zero-order valence-electron chi connectivity index (χ0n) is 11.8. The molecule has 1 aromatic rings. The van der Waals surface area contributed by atoms with E-state index >= 15 is 0 Å². The van der Waals surface area contributed by atoms with Gasteiger partial charge in [0.05, 0.1) is 6.54 Å². The quantitative estimate of drug-likeness (QED) is 0.890. The Labute approximate surface area is 128 Å². The van der Waals surface area contributed by atoms with Crippen molar-refractivity contribution in [2.45, 2.75) is 25.6 Å². The summed E-state index contributed by atoms with van der Waals surface area (Å²) in [7, 11) is 0. The predicted molar refractivity (Wildman–Crippen MR) is 78.4 cm³/mol. The number of benzene rings is 1. The Hall–Kier alpha value is -0.780. The van der Waals surface area contributed by atoms with Crippen LogP contribution in [0.4, 0.5) is 13.2 Å². The number of alkyl halides is 3. The molecule has 2 nitrogen and oxygen atoms in total. The molecule has 0 atom stereocenters. The summed E-state index contributed by atoms with van der Waals surface area (Å²) in [5.74, 6) is 0.336. The van der Waals surface area contributed by atoms with Crippen LogP contribution >= 0.6 is 11.6 Å². The van der Waals surface area contributed by atoms with Crippen molar-refractivity contribution < 1.29 is 13.2 Å². The summed E-state index contributed by atoms with van der Waals surface area (Å²) in [4.78, 5) is 2.33. The zero-order valence-corrected chi connectivity index (χ0v) is 12.6. The highest BCUT2D eigenvalue weighted by Crippen LogP contribution is 2.20. The SMILES string of the molecule is FC(F)(F)CNCC1CCN(Cc2cccc(Cl)c2)CC1. The van der Waals surface area contributed by atoms with E-state index in [1.54, 1.807) is 0 Å². The fourth-order valence-electron chi connectivity index (χ4n) is 2.66. The molecule has 1 aromatic carbocycles. The molecule has 0 aliphatic carbocycles. The van der Waals surface area contributed by atoms with Crippen LogP contribution in [0.2, 0.25) is 5.02 Å². The van der Waals surface area contributed by atoms with Gasteiger partial charge < -0.3 is 5.32 Å². The molecule has 2 rings (SSSR count). The standard InChI is InChI=1S/C15H20ClF3N2/c16-14-3-1-2-13(8-14)10-21-6-4-12(5-7-21)9-20-11-15(17,18)19/h1-3,8,12,20H,4-7,9-11H2. The zero-order chi connectivity index (χ0) is 15.3. The van der Waals surface area contributed by atoms with E-state index in [0.29, 0.717) is 12.5 Å². The molecule has 0 aromatic heterocycles. The molecule has 21 heavy (non-hydrogen) atoms. The van der Waals surface area contributed by atoms with Gasteiger partial charge in [0.15, 0.2) is 0 Å². The maximum Gasteiger partial charge on any atom is 0.401 e. The van der Waals surface area contributed by atoms with Crippen LogP contribution < -0.4 is 5.32 Å². The van der Waals surface area contributed by atoms with Crippen LogP contribution in [0.15, 0.2) is 24.3 Å². The second kappa shape index (κ2) is 7.47. The topological polar surface area (TPSA) is 15.3 Å². The first kappa shape index (κ1) is 16.6. The molecule has 0 bridgehead atoms. The van der Waals surface area contributed by atoms with Crippen LogP contribution in [0.25, 0.3) is 0 Å². The lowest BCUT2D eigenvalue weighted by molar-refractivity contribution is -0.125. The summed E-state index contributed by atoms with van der Waals surface area (Å²) in [5.41, 5.74) is 1.18. The minimum atomic E-state index is -4.12. The lowest BCUT2D eigenvalue weighted by Gasteiger charge is -2.32. The molecule has 1 N–H and O–H groups in total.